The highest BCUT2D eigenvalue weighted by Gasteiger charge is 2.40. The highest BCUT2D eigenvalue weighted by molar-refractivity contribution is 5.82. The monoisotopic (exact) mass is 385 g/mol. The number of anilines is 1. The van der Waals surface area contributed by atoms with Crippen LogP contribution in [0.4, 0.5) is 15.8 Å². The smallest absolute Gasteiger partial charge is 0.269 e. The molecule has 7 nitrogen and oxygen atoms in total. The molecule has 0 radical (unpaired) electrons. The number of fused-ring (bicyclic) bond motifs is 3. The van der Waals surface area contributed by atoms with Crippen LogP contribution < -0.4 is 10.2 Å². The van der Waals surface area contributed by atoms with Crippen LogP contribution in [-0.4, -0.2) is 36.6 Å². The Labute approximate surface area is 161 Å². The fraction of sp³-hybridized carbons (Fsp3) is 0.350. The van der Waals surface area contributed by atoms with E-state index in [1.54, 1.807) is 24.3 Å². The molecule has 4 rings (SSSR count). The van der Waals surface area contributed by atoms with Crippen molar-refractivity contribution in [3.05, 3.63) is 69.5 Å². The summed E-state index contributed by atoms with van der Waals surface area (Å²) in [6.07, 6.45) is 0.399. The molecule has 1 N–H and O–H groups in total. The first-order valence-electron chi connectivity index (χ1n) is 9.17. The molecule has 0 bridgehead atoms. The zero-order valence-electron chi connectivity index (χ0n) is 15.1. The number of hydrogen-bond donors (Lipinski definition) is 1. The summed E-state index contributed by atoms with van der Waals surface area (Å²) in [6, 6.07) is 10.8. The van der Waals surface area contributed by atoms with Crippen LogP contribution in [0, 0.1) is 21.8 Å². The van der Waals surface area contributed by atoms with E-state index in [2.05, 4.69) is 10.2 Å². The number of benzene rings is 2. The second kappa shape index (κ2) is 7.55. The van der Waals surface area contributed by atoms with Crippen molar-refractivity contribution in [2.75, 3.05) is 24.7 Å². The number of hydrogen-bond acceptors (Lipinski definition) is 5. The molecule has 0 aliphatic carbocycles. The van der Waals surface area contributed by atoms with Crippen LogP contribution >= 0.6 is 0 Å². The SMILES string of the molecule is O=C(NCc1cccc(F)c1)C1Cc2cc([N+](=O)[O-])ccc2N2CCOCC12. The van der Waals surface area contributed by atoms with Crippen molar-refractivity contribution in [1.29, 1.82) is 0 Å². The molecular formula is C20H20FN3O4. The molecule has 28 heavy (non-hydrogen) atoms. The Morgan fingerprint density at radius 1 is 1.32 bits per heavy atom. The van der Waals surface area contributed by atoms with Gasteiger partial charge in [-0.25, -0.2) is 4.39 Å². The van der Waals surface area contributed by atoms with Crippen LogP contribution in [0.25, 0.3) is 0 Å². The molecular weight excluding hydrogens is 365 g/mol. The van der Waals surface area contributed by atoms with Gasteiger partial charge in [0.25, 0.3) is 5.69 Å². The zero-order valence-corrected chi connectivity index (χ0v) is 15.1. The number of nitro groups is 1. The van der Waals surface area contributed by atoms with Gasteiger partial charge in [-0.15, -0.1) is 0 Å². The summed E-state index contributed by atoms with van der Waals surface area (Å²) in [7, 11) is 0. The number of ether oxygens (including phenoxy) is 1. The molecule has 146 valence electrons. The second-order valence-electron chi connectivity index (χ2n) is 7.06. The topological polar surface area (TPSA) is 84.7 Å². The van der Waals surface area contributed by atoms with Crippen LogP contribution in [0.15, 0.2) is 42.5 Å². The number of non-ortho nitro benzene ring substituents is 1. The number of morpholine rings is 1. The van der Waals surface area contributed by atoms with Crippen LogP contribution in [0.1, 0.15) is 11.1 Å². The molecule has 0 saturated carbocycles. The maximum atomic E-state index is 13.3. The van der Waals surface area contributed by atoms with E-state index in [1.807, 2.05) is 0 Å². The third-order valence-corrected chi connectivity index (χ3v) is 5.35. The standard InChI is InChI=1S/C20H20FN3O4/c21-15-3-1-2-13(8-15)11-22-20(25)17-10-14-9-16(24(26)27)4-5-18(14)23-6-7-28-12-19(17)23/h1-5,8-9,17,19H,6-7,10-12H2,(H,22,25). The van der Waals surface area contributed by atoms with Gasteiger partial charge >= 0.3 is 0 Å². The van der Waals surface area contributed by atoms with E-state index in [9.17, 15) is 19.3 Å². The number of nitro benzene ring substituents is 1. The predicted octanol–water partition coefficient (Wildman–Crippen LogP) is 2.43. The number of nitrogens with one attached hydrogen (secondary N) is 1. The van der Waals surface area contributed by atoms with Crippen molar-refractivity contribution < 1.29 is 18.8 Å². The van der Waals surface area contributed by atoms with Gasteiger partial charge in [-0.1, -0.05) is 12.1 Å². The van der Waals surface area contributed by atoms with E-state index < -0.39 is 10.8 Å². The molecule has 2 atom stereocenters. The fourth-order valence-electron chi connectivity index (χ4n) is 3.99. The number of rotatable bonds is 4. The molecule has 1 amide bonds. The van der Waals surface area contributed by atoms with Crippen molar-refractivity contribution in [2.45, 2.75) is 19.0 Å². The lowest BCUT2D eigenvalue weighted by Crippen LogP contribution is -2.56. The number of carbonyl (C=O) groups is 1. The van der Waals surface area contributed by atoms with Crippen LogP contribution in [0.5, 0.6) is 0 Å². The third-order valence-electron chi connectivity index (χ3n) is 5.35. The number of nitrogens with zero attached hydrogens (tertiary/aromatic N) is 2. The molecule has 2 aromatic rings. The predicted molar refractivity (Wildman–Crippen MR) is 100 cm³/mol. The molecule has 1 fully saturated rings. The third kappa shape index (κ3) is 3.55. The zero-order chi connectivity index (χ0) is 19.7. The second-order valence-corrected chi connectivity index (χ2v) is 7.06. The Morgan fingerprint density at radius 3 is 2.96 bits per heavy atom. The van der Waals surface area contributed by atoms with E-state index in [0.717, 1.165) is 11.3 Å². The number of amides is 1. The normalized spacial score (nSPS) is 20.8. The molecule has 1 saturated heterocycles. The minimum atomic E-state index is -0.426. The van der Waals surface area contributed by atoms with Crippen LogP contribution in [0.3, 0.4) is 0 Å². The molecule has 0 spiro atoms. The highest BCUT2D eigenvalue weighted by atomic mass is 19.1. The Bertz CT molecular complexity index is 920. The van der Waals surface area contributed by atoms with Gasteiger partial charge in [-0.3, -0.25) is 14.9 Å². The molecule has 2 heterocycles. The van der Waals surface area contributed by atoms with Gasteiger partial charge < -0.3 is 15.0 Å². The van der Waals surface area contributed by atoms with Crippen molar-refractivity contribution in [2.24, 2.45) is 5.92 Å². The van der Waals surface area contributed by atoms with E-state index in [-0.39, 0.29) is 30.0 Å². The van der Waals surface area contributed by atoms with Gasteiger partial charge in [0.05, 0.1) is 30.1 Å². The summed E-state index contributed by atoms with van der Waals surface area (Å²) in [5.74, 6) is -0.914. The Balaban J connectivity index is 1.56. The number of carbonyl (C=O) groups excluding carboxylic acids is 1. The van der Waals surface area contributed by atoms with E-state index in [0.29, 0.717) is 31.7 Å². The maximum absolute atomic E-state index is 13.3. The lowest BCUT2D eigenvalue weighted by Gasteiger charge is -2.45. The van der Waals surface area contributed by atoms with Gasteiger partial charge in [0, 0.05) is 30.9 Å². The van der Waals surface area contributed by atoms with Gasteiger partial charge in [0.15, 0.2) is 0 Å². The summed E-state index contributed by atoms with van der Waals surface area (Å²) in [5, 5.41) is 14.0. The highest BCUT2D eigenvalue weighted by Crippen LogP contribution is 2.37. The van der Waals surface area contributed by atoms with Gasteiger partial charge in [-0.2, -0.15) is 0 Å². The lowest BCUT2D eigenvalue weighted by atomic mass is 9.84. The van der Waals surface area contributed by atoms with E-state index >= 15 is 0 Å². The minimum absolute atomic E-state index is 0.0179. The van der Waals surface area contributed by atoms with Gasteiger partial charge in [-0.05, 0) is 35.7 Å². The average Bonchev–Trinajstić information content (AvgIpc) is 2.71. The fourth-order valence-corrected chi connectivity index (χ4v) is 3.99. The summed E-state index contributed by atoms with van der Waals surface area (Å²) < 4.78 is 18.9. The first-order valence-corrected chi connectivity index (χ1v) is 9.17. The first-order chi connectivity index (χ1) is 13.5. The molecule has 2 aromatic carbocycles. The summed E-state index contributed by atoms with van der Waals surface area (Å²) >= 11 is 0. The summed E-state index contributed by atoms with van der Waals surface area (Å²) in [6.45, 7) is 1.82. The summed E-state index contributed by atoms with van der Waals surface area (Å²) in [4.78, 5) is 25.7. The Morgan fingerprint density at radius 2 is 2.18 bits per heavy atom. The maximum Gasteiger partial charge on any atom is 0.269 e. The molecule has 8 heteroatoms. The Hall–Kier alpha value is -3.00. The minimum Gasteiger partial charge on any atom is -0.377 e. The van der Waals surface area contributed by atoms with E-state index in [4.69, 9.17) is 4.74 Å². The summed E-state index contributed by atoms with van der Waals surface area (Å²) in [5.41, 5.74) is 2.41. The van der Waals surface area contributed by atoms with Crippen LogP contribution in [0.2, 0.25) is 0 Å². The van der Waals surface area contributed by atoms with Crippen LogP contribution in [-0.2, 0) is 22.5 Å². The molecule has 2 unspecified atom stereocenters. The molecule has 2 aliphatic heterocycles. The largest absolute Gasteiger partial charge is 0.377 e. The quantitative estimate of drug-likeness (QED) is 0.645. The number of halogens is 1. The average molecular weight is 385 g/mol. The molecule has 2 aliphatic rings. The molecule has 0 aromatic heterocycles. The van der Waals surface area contributed by atoms with Crippen molar-refractivity contribution in [3.8, 4) is 0 Å². The van der Waals surface area contributed by atoms with Gasteiger partial charge in [0.2, 0.25) is 5.91 Å². The van der Waals surface area contributed by atoms with Crippen molar-refractivity contribution >= 4 is 17.3 Å². The first kappa shape index (κ1) is 18.4. The van der Waals surface area contributed by atoms with Gasteiger partial charge in [0.1, 0.15) is 5.82 Å². The lowest BCUT2D eigenvalue weighted by molar-refractivity contribution is -0.384. The van der Waals surface area contributed by atoms with Crippen molar-refractivity contribution in [3.63, 3.8) is 0 Å². The van der Waals surface area contributed by atoms with Crippen molar-refractivity contribution in [1.82, 2.24) is 5.32 Å². The van der Waals surface area contributed by atoms with E-state index in [1.165, 1.54) is 18.2 Å². The Kier molecular flexibility index (Phi) is 4.95.